The zero-order valence-corrected chi connectivity index (χ0v) is 17.1. The van der Waals surface area contributed by atoms with Crippen LogP contribution in [0.3, 0.4) is 0 Å². The van der Waals surface area contributed by atoms with Crippen molar-refractivity contribution in [3.05, 3.63) is 30.1 Å². The van der Waals surface area contributed by atoms with E-state index in [9.17, 15) is 9.59 Å². The van der Waals surface area contributed by atoms with E-state index in [-0.39, 0.29) is 43.0 Å². The topological polar surface area (TPSA) is 127 Å². The summed E-state index contributed by atoms with van der Waals surface area (Å²) >= 11 is 0. The van der Waals surface area contributed by atoms with E-state index in [2.05, 4.69) is 15.6 Å². The summed E-state index contributed by atoms with van der Waals surface area (Å²) in [5.41, 5.74) is 0.856. The molecular formula is C21H31N3O6. The summed E-state index contributed by atoms with van der Waals surface area (Å²) in [5.74, 6) is -0.000920. The van der Waals surface area contributed by atoms with Crippen LogP contribution in [0.4, 0.5) is 0 Å². The number of nitrogens with one attached hydrogen (secondary N) is 2. The van der Waals surface area contributed by atoms with Gasteiger partial charge in [-0.15, -0.1) is 0 Å². The number of ether oxygens (including phenoxy) is 2. The number of amides is 2. The van der Waals surface area contributed by atoms with Crippen molar-refractivity contribution in [2.24, 2.45) is 5.92 Å². The molecule has 2 heterocycles. The minimum Gasteiger partial charge on any atom is -0.483 e. The zero-order chi connectivity index (χ0) is 21.6. The van der Waals surface area contributed by atoms with E-state index in [0.29, 0.717) is 13.2 Å². The Morgan fingerprint density at radius 2 is 2.00 bits per heavy atom. The van der Waals surface area contributed by atoms with Crippen LogP contribution in [0.5, 0.6) is 0 Å². The van der Waals surface area contributed by atoms with Gasteiger partial charge >= 0.3 is 0 Å². The number of aromatic nitrogens is 1. The zero-order valence-electron chi connectivity index (χ0n) is 17.1. The van der Waals surface area contributed by atoms with Crippen molar-refractivity contribution >= 4 is 18.3 Å². The van der Waals surface area contributed by atoms with Crippen LogP contribution in [0, 0.1) is 5.92 Å². The molecule has 1 aromatic rings. The Morgan fingerprint density at radius 3 is 2.63 bits per heavy atom. The SMILES string of the molecule is O=C(COCC1CCCO1)NC1CCC(C(=O)NCc2ccccn2)CC1.O=CO. The lowest BCUT2D eigenvalue weighted by atomic mass is 9.85. The summed E-state index contributed by atoms with van der Waals surface area (Å²) in [6.45, 7) is 1.55. The van der Waals surface area contributed by atoms with Crippen LogP contribution in [0.15, 0.2) is 24.4 Å². The number of nitrogens with zero attached hydrogens (tertiary/aromatic N) is 1. The minimum absolute atomic E-state index is 0.0117. The molecule has 0 spiro atoms. The summed E-state index contributed by atoms with van der Waals surface area (Å²) in [6.07, 6.45) is 7.15. The highest BCUT2D eigenvalue weighted by molar-refractivity contribution is 5.79. The van der Waals surface area contributed by atoms with Crippen LogP contribution in [-0.4, -0.2) is 60.3 Å². The van der Waals surface area contributed by atoms with Gasteiger partial charge in [-0.05, 0) is 50.7 Å². The third-order valence-corrected chi connectivity index (χ3v) is 5.19. The molecule has 0 aromatic carbocycles. The van der Waals surface area contributed by atoms with Crippen molar-refractivity contribution in [2.75, 3.05) is 19.8 Å². The first-order chi connectivity index (χ1) is 14.6. The monoisotopic (exact) mass is 421 g/mol. The smallest absolute Gasteiger partial charge is 0.290 e. The Labute approximate surface area is 176 Å². The molecule has 1 aromatic heterocycles. The fourth-order valence-corrected chi connectivity index (χ4v) is 3.65. The van der Waals surface area contributed by atoms with E-state index in [1.807, 2.05) is 18.2 Å². The number of rotatable bonds is 8. The molecule has 2 aliphatic rings. The molecule has 0 radical (unpaired) electrons. The van der Waals surface area contributed by atoms with Gasteiger partial charge in [0, 0.05) is 24.8 Å². The highest BCUT2D eigenvalue weighted by Gasteiger charge is 2.27. The lowest BCUT2D eigenvalue weighted by Crippen LogP contribution is -2.42. The third kappa shape index (κ3) is 8.87. The molecule has 1 saturated heterocycles. The molecule has 9 heteroatoms. The van der Waals surface area contributed by atoms with E-state index >= 15 is 0 Å². The first-order valence-corrected chi connectivity index (χ1v) is 10.4. The number of carboxylic acid groups (broad SMARTS) is 1. The van der Waals surface area contributed by atoms with Gasteiger partial charge in [0.2, 0.25) is 11.8 Å². The highest BCUT2D eigenvalue weighted by atomic mass is 16.5. The second-order valence-electron chi connectivity index (χ2n) is 7.41. The van der Waals surface area contributed by atoms with Gasteiger partial charge in [0.25, 0.3) is 6.47 Å². The standard InChI is InChI=1S/C20H29N3O4.CH2O2/c24-19(14-26-13-18-5-3-11-27-18)23-16-8-6-15(7-9-16)20(25)22-12-17-4-1-2-10-21-17;2-1-3/h1-2,4,10,15-16,18H,3,5-9,11-14H2,(H,22,25)(H,23,24);1H,(H,2,3). The Bertz CT molecular complexity index is 643. The molecule has 30 heavy (non-hydrogen) atoms. The molecule has 3 N–H and O–H groups in total. The van der Waals surface area contributed by atoms with Crippen molar-refractivity contribution in [3.8, 4) is 0 Å². The molecule has 1 saturated carbocycles. The normalized spacial score (nSPS) is 23.0. The number of pyridine rings is 1. The molecule has 3 rings (SSSR count). The fourth-order valence-electron chi connectivity index (χ4n) is 3.65. The Hall–Kier alpha value is -2.52. The van der Waals surface area contributed by atoms with E-state index in [1.54, 1.807) is 6.20 Å². The van der Waals surface area contributed by atoms with E-state index in [0.717, 1.165) is 50.8 Å². The average molecular weight is 421 g/mol. The van der Waals surface area contributed by atoms with Gasteiger partial charge in [0.15, 0.2) is 0 Å². The fraction of sp³-hybridized carbons (Fsp3) is 0.619. The maximum absolute atomic E-state index is 12.3. The molecule has 0 bridgehead atoms. The number of carbonyl (C=O) groups excluding carboxylic acids is 2. The molecule has 2 fully saturated rings. The molecule has 1 unspecified atom stereocenters. The molecule has 166 valence electrons. The third-order valence-electron chi connectivity index (χ3n) is 5.19. The maximum atomic E-state index is 12.3. The van der Waals surface area contributed by atoms with Gasteiger partial charge in [-0.1, -0.05) is 6.07 Å². The molecule has 1 atom stereocenters. The van der Waals surface area contributed by atoms with Crippen molar-refractivity contribution in [1.82, 2.24) is 15.6 Å². The molecule has 1 aliphatic heterocycles. The van der Waals surface area contributed by atoms with Gasteiger partial charge in [0.1, 0.15) is 6.61 Å². The quantitative estimate of drug-likeness (QED) is 0.540. The Kier molecular flexibility index (Phi) is 10.8. The predicted octanol–water partition coefficient (Wildman–Crippen LogP) is 1.27. The summed E-state index contributed by atoms with van der Waals surface area (Å²) < 4.78 is 10.9. The number of hydrogen-bond donors (Lipinski definition) is 3. The van der Waals surface area contributed by atoms with Gasteiger partial charge in [-0.3, -0.25) is 19.4 Å². The van der Waals surface area contributed by atoms with Crippen LogP contribution in [0.25, 0.3) is 0 Å². The summed E-state index contributed by atoms with van der Waals surface area (Å²) in [6, 6.07) is 5.79. The van der Waals surface area contributed by atoms with Gasteiger partial charge < -0.3 is 25.2 Å². The Morgan fingerprint density at radius 1 is 1.23 bits per heavy atom. The number of carbonyl (C=O) groups is 3. The molecule has 9 nitrogen and oxygen atoms in total. The van der Waals surface area contributed by atoms with E-state index in [1.165, 1.54) is 0 Å². The van der Waals surface area contributed by atoms with Crippen molar-refractivity contribution in [3.63, 3.8) is 0 Å². The van der Waals surface area contributed by atoms with Crippen LogP contribution in [0.2, 0.25) is 0 Å². The summed E-state index contributed by atoms with van der Waals surface area (Å²) in [7, 11) is 0. The lowest BCUT2D eigenvalue weighted by molar-refractivity contribution is -0.128. The first-order valence-electron chi connectivity index (χ1n) is 10.4. The average Bonchev–Trinajstić information content (AvgIpc) is 3.27. The predicted molar refractivity (Wildman–Crippen MR) is 108 cm³/mol. The largest absolute Gasteiger partial charge is 0.483 e. The van der Waals surface area contributed by atoms with Gasteiger partial charge in [0.05, 0.1) is 24.9 Å². The van der Waals surface area contributed by atoms with Gasteiger partial charge in [-0.2, -0.15) is 0 Å². The molecule has 2 amide bonds. The van der Waals surface area contributed by atoms with Crippen LogP contribution in [-0.2, 0) is 30.4 Å². The van der Waals surface area contributed by atoms with Crippen LogP contribution in [0.1, 0.15) is 44.2 Å². The summed E-state index contributed by atoms with van der Waals surface area (Å²) in [5, 5.41) is 12.9. The maximum Gasteiger partial charge on any atom is 0.290 e. The first kappa shape index (κ1) is 23.8. The minimum atomic E-state index is -0.250. The van der Waals surface area contributed by atoms with E-state index in [4.69, 9.17) is 19.4 Å². The van der Waals surface area contributed by atoms with Crippen LogP contribution < -0.4 is 10.6 Å². The molecule has 1 aliphatic carbocycles. The molecular weight excluding hydrogens is 390 g/mol. The van der Waals surface area contributed by atoms with Crippen molar-refractivity contribution in [1.29, 1.82) is 0 Å². The van der Waals surface area contributed by atoms with Crippen LogP contribution >= 0.6 is 0 Å². The summed E-state index contributed by atoms with van der Waals surface area (Å²) in [4.78, 5) is 36.9. The van der Waals surface area contributed by atoms with Gasteiger partial charge in [-0.25, -0.2) is 0 Å². The Balaban J connectivity index is 0.00000101. The highest BCUT2D eigenvalue weighted by Crippen LogP contribution is 2.24. The second kappa shape index (κ2) is 13.7. The number of hydrogen-bond acceptors (Lipinski definition) is 6. The van der Waals surface area contributed by atoms with Crippen molar-refractivity contribution < 1.29 is 29.0 Å². The second-order valence-corrected chi connectivity index (χ2v) is 7.41. The van der Waals surface area contributed by atoms with Crippen molar-refractivity contribution in [2.45, 2.75) is 57.2 Å². The van der Waals surface area contributed by atoms with E-state index < -0.39 is 0 Å². The lowest BCUT2D eigenvalue weighted by Gasteiger charge is -2.28.